The lowest BCUT2D eigenvalue weighted by Gasteiger charge is -2.07. The summed E-state index contributed by atoms with van der Waals surface area (Å²) in [6.45, 7) is 0.526. The summed E-state index contributed by atoms with van der Waals surface area (Å²) in [5, 5.41) is 0. The molecule has 27 heavy (non-hydrogen) atoms. The van der Waals surface area contributed by atoms with Crippen LogP contribution in [0.5, 0.6) is 0 Å². The van der Waals surface area contributed by atoms with Crippen molar-refractivity contribution >= 4 is 30.1 Å². The van der Waals surface area contributed by atoms with Gasteiger partial charge in [-0.05, 0) is 24.1 Å². The summed E-state index contributed by atoms with van der Waals surface area (Å²) >= 11 is 0. The lowest BCUT2D eigenvalue weighted by molar-refractivity contribution is 0.377. The Bertz CT molecular complexity index is 1150. The Morgan fingerprint density at radius 2 is 1.89 bits per heavy atom. The maximum atomic E-state index is 11.4. The molecule has 0 aliphatic carbocycles. The Morgan fingerprint density at radius 1 is 1.11 bits per heavy atom. The molecule has 0 fully saturated rings. The van der Waals surface area contributed by atoms with Gasteiger partial charge < -0.3 is 24.5 Å². The molecule has 10 heteroatoms. The summed E-state index contributed by atoms with van der Waals surface area (Å²) in [6.07, 6.45) is 2.06. The minimum absolute atomic E-state index is 0.221. The molecule has 9 nitrogen and oxygen atoms in total. The van der Waals surface area contributed by atoms with E-state index < -0.39 is 13.1 Å². The zero-order valence-corrected chi connectivity index (χ0v) is 15.0. The van der Waals surface area contributed by atoms with Crippen LogP contribution in [0.1, 0.15) is 5.56 Å². The van der Waals surface area contributed by atoms with Gasteiger partial charge in [-0.2, -0.15) is 0 Å². The lowest BCUT2D eigenvalue weighted by Crippen LogP contribution is -2.05. The van der Waals surface area contributed by atoms with Crippen molar-refractivity contribution in [2.45, 2.75) is 13.0 Å². The van der Waals surface area contributed by atoms with E-state index in [0.717, 1.165) is 5.56 Å². The van der Waals surface area contributed by atoms with Crippen LogP contribution < -0.4 is 11.2 Å². The highest BCUT2D eigenvalue weighted by atomic mass is 31.2. The molecule has 1 aromatic carbocycles. The highest BCUT2D eigenvalue weighted by molar-refractivity contribution is 7.59. The van der Waals surface area contributed by atoms with Crippen molar-refractivity contribution < 1.29 is 18.8 Å². The van der Waals surface area contributed by atoms with Crippen molar-refractivity contribution in [2.24, 2.45) is 0 Å². The molecule has 0 atom stereocenters. The molecule has 0 amide bonds. The lowest BCUT2D eigenvalue weighted by atomic mass is 10.1. The van der Waals surface area contributed by atoms with E-state index in [0.29, 0.717) is 30.0 Å². The van der Waals surface area contributed by atoms with E-state index in [2.05, 4.69) is 15.0 Å². The number of nitrogens with zero attached hydrogens (tertiary/aromatic N) is 4. The molecule has 4 aromatic rings. The van der Waals surface area contributed by atoms with E-state index in [1.807, 2.05) is 34.9 Å². The number of hydrogen-bond donors (Lipinski definition) is 3. The van der Waals surface area contributed by atoms with Crippen molar-refractivity contribution in [2.75, 3.05) is 5.73 Å². The summed E-state index contributed by atoms with van der Waals surface area (Å²) in [6, 6.07) is 12.6. The topological polar surface area (TPSA) is 140 Å². The number of imidazole rings is 1. The van der Waals surface area contributed by atoms with Crippen molar-refractivity contribution in [3.05, 3.63) is 54.4 Å². The normalized spacial score (nSPS) is 11.9. The molecule has 138 valence electrons. The zero-order valence-electron chi connectivity index (χ0n) is 14.1. The van der Waals surface area contributed by atoms with Gasteiger partial charge in [0, 0.05) is 6.54 Å². The van der Waals surface area contributed by atoms with Crippen molar-refractivity contribution in [3.8, 4) is 11.6 Å². The summed E-state index contributed by atoms with van der Waals surface area (Å²) in [7, 11) is -4.50. The Morgan fingerprint density at radius 3 is 2.59 bits per heavy atom. The van der Waals surface area contributed by atoms with Gasteiger partial charge in [0.2, 0.25) is 5.50 Å². The molecule has 0 radical (unpaired) electrons. The molecule has 0 aliphatic heterocycles. The largest absolute Gasteiger partial charge is 0.445 e. The summed E-state index contributed by atoms with van der Waals surface area (Å²) in [5.41, 5.74) is 7.57. The number of aryl methyl sites for hydroxylation is 2. The van der Waals surface area contributed by atoms with Crippen LogP contribution in [0.15, 0.2) is 53.2 Å². The molecule has 4 rings (SSSR count). The second-order valence-corrected chi connectivity index (χ2v) is 7.46. The predicted molar refractivity (Wildman–Crippen MR) is 99.3 cm³/mol. The van der Waals surface area contributed by atoms with Gasteiger partial charge in [-0.3, -0.25) is 4.57 Å². The first-order chi connectivity index (χ1) is 12.9. The van der Waals surface area contributed by atoms with Gasteiger partial charge in [0.25, 0.3) is 0 Å². The van der Waals surface area contributed by atoms with Crippen molar-refractivity contribution in [1.29, 1.82) is 0 Å². The van der Waals surface area contributed by atoms with Crippen LogP contribution in [-0.2, 0) is 17.5 Å². The van der Waals surface area contributed by atoms with Crippen LogP contribution in [0.2, 0.25) is 0 Å². The molecule has 0 bridgehead atoms. The quantitative estimate of drug-likeness (QED) is 0.441. The molecular formula is C17H16N5O4P. The van der Waals surface area contributed by atoms with Gasteiger partial charge in [-0.1, -0.05) is 30.3 Å². The van der Waals surface area contributed by atoms with E-state index in [1.54, 1.807) is 0 Å². The molecule has 0 unspecified atom stereocenters. The number of nitrogens with two attached hydrogens (primary N) is 1. The maximum Gasteiger partial charge on any atom is 0.391 e. The SMILES string of the molecule is Nc1ncnc2c1nc(-c1ccc(P(=O)(O)O)o1)n2CCc1ccccc1. The first-order valence-corrected chi connectivity index (χ1v) is 9.71. The number of benzene rings is 1. The van der Waals surface area contributed by atoms with E-state index in [9.17, 15) is 14.4 Å². The van der Waals surface area contributed by atoms with Gasteiger partial charge in [-0.25, -0.2) is 15.0 Å². The molecule has 0 saturated heterocycles. The van der Waals surface area contributed by atoms with Crippen molar-refractivity contribution in [1.82, 2.24) is 19.5 Å². The summed E-state index contributed by atoms with van der Waals surface area (Å²) < 4.78 is 18.6. The van der Waals surface area contributed by atoms with Crippen LogP contribution in [0.3, 0.4) is 0 Å². The molecule has 4 N–H and O–H groups in total. The van der Waals surface area contributed by atoms with E-state index >= 15 is 0 Å². The molecule has 0 saturated carbocycles. The minimum Gasteiger partial charge on any atom is -0.445 e. The smallest absolute Gasteiger partial charge is 0.391 e. The molecular weight excluding hydrogens is 369 g/mol. The Kier molecular flexibility index (Phi) is 4.27. The van der Waals surface area contributed by atoms with Crippen molar-refractivity contribution in [3.63, 3.8) is 0 Å². The van der Waals surface area contributed by atoms with Gasteiger partial charge in [0.05, 0.1) is 0 Å². The first-order valence-electron chi connectivity index (χ1n) is 8.10. The van der Waals surface area contributed by atoms with E-state index in [-0.39, 0.29) is 11.6 Å². The van der Waals surface area contributed by atoms with Crippen LogP contribution in [0.4, 0.5) is 5.82 Å². The molecule has 0 aliphatic rings. The van der Waals surface area contributed by atoms with Crippen LogP contribution >= 0.6 is 7.60 Å². The average Bonchev–Trinajstić information content (AvgIpc) is 3.26. The van der Waals surface area contributed by atoms with Gasteiger partial charge in [-0.15, -0.1) is 0 Å². The molecule has 3 heterocycles. The number of nitrogen functional groups attached to an aromatic ring is 1. The second-order valence-electron chi connectivity index (χ2n) is 5.94. The monoisotopic (exact) mass is 385 g/mol. The Hall–Kier alpha value is -3.00. The van der Waals surface area contributed by atoms with E-state index in [1.165, 1.54) is 18.5 Å². The molecule has 3 aromatic heterocycles. The number of rotatable bonds is 5. The number of aromatic nitrogens is 4. The van der Waals surface area contributed by atoms with Gasteiger partial charge in [0.15, 0.2) is 28.6 Å². The maximum absolute atomic E-state index is 11.4. The highest BCUT2D eigenvalue weighted by Gasteiger charge is 2.25. The molecule has 0 spiro atoms. The van der Waals surface area contributed by atoms with Gasteiger partial charge in [0.1, 0.15) is 6.33 Å². The first kappa shape index (κ1) is 17.4. The van der Waals surface area contributed by atoms with Gasteiger partial charge >= 0.3 is 7.60 Å². The number of hydrogen-bond acceptors (Lipinski definition) is 6. The van der Waals surface area contributed by atoms with E-state index in [4.69, 9.17) is 10.2 Å². The number of anilines is 1. The standard InChI is InChI=1S/C17H16N5O4P/c18-15-14-17(20-10-19-15)22(9-8-11-4-2-1-3-5-11)16(21-14)12-6-7-13(26-12)27(23,24)25/h1-7,10H,8-9H2,(H2,18,19,20)(H2,23,24,25). The third-order valence-electron chi connectivity index (χ3n) is 4.13. The fourth-order valence-electron chi connectivity index (χ4n) is 2.84. The summed E-state index contributed by atoms with van der Waals surface area (Å²) in [5.74, 6) is 0.827. The fraction of sp³-hybridized carbons (Fsp3) is 0.118. The van der Waals surface area contributed by atoms with Crippen LogP contribution in [0.25, 0.3) is 22.7 Å². The highest BCUT2D eigenvalue weighted by Crippen LogP contribution is 2.36. The van der Waals surface area contributed by atoms with Crippen LogP contribution in [0, 0.1) is 0 Å². The minimum atomic E-state index is -4.50. The number of fused-ring (bicyclic) bond motifs is 1. The number of furan rings is 1. The second kappa shape index (κ2) is 6.62. The Balaban J connectivity index is 1.80. The van der Waals surface area contributed by atoms with Crippen LogP contribution in [-0.4, -0.2) is 29.3 Å². The zero-order chi connectivity index (χ0) is 19.0. The third kappa shape index (κ3) is 3.35. The predicted octanol–water partition coefficient (Wildman–Crippen LogP) is 1.71. The summed E-state index contributed by atoms with van der Waals surface area (Å²) in [4.78, 5) is 31.3. The third-order valence-corrected chi connectivity index (χ3v) is 4.94. The fourth-order valence-corrected chi connectivity index (χ4v) is 3.33. The average molecular weight is 385 g/mol. The Labute approximate surface area is 153 Å².